The van der Waals surface area contributed by atoms with E-state index in [9.17, 15) is 0 Å². The highest BCUT2D eigenvalue weighted by molar-refractivity contribution is 7.16. The summed E-state index contributed by atoms with van der Waals surface area (Å²) in [6.45, 7) is 1.98. The van der Waals surface area contributed by atoms with E-state index in [0.29, 0.717) is 10.8 Å². The summed E-state index contributed by atoms with van der Waals surface area (Å²) >= 11 is 7.49. The number of hydrogen-bond donors (Lipinski definition) is 0. The number of halogens is 1. The van der Waals surface area contributed by atoms with Gasteiger partial charge in [-0.15, -0.1) is 16.4 Å². The molecule has 4 aromatic rings. The topological polar surface area (TPSA) is 60.9 Å². The van der Waals surface area contributed by atoms with Gasteiger partial charge in [0.2, 0.25) is 0 Å². The Bertz CT molecular complexity index is 907. The molecule has 0 radical (unpaired) electrons. The molecule has 0 aliphatic heterocycles. The fraction of sp³-hybridized carbons (Fsp3) is 0.167. The van der Waals surface area contributed by atoms with Crippen molar-refractivity contribution in [1.82, 2.24) is 29.4 Å². The van der Waals surface area contributed by atoms with E-state index in [0.717, 1.165) is 15.9 Å². The maximum absolute atomic E-state index is 5.90. The van der Waals surface area contributed by atoms with Crippen molar-refractivity contribution in [2.45, 2.75) is 13.0 Å². The van der Waals surface area contributed by atoms with E-state index in [4.69, 9.17) is 11.6 Å². The Morgan fingerprint density at radius 3 is 3.10 bits per heavy atom. The van der Waals surface area contributed by atoms with Gasteiger partial charge >= 0.3 is 0 Å². The minimum Gasteiger partial charge on any atom is -0.261 e. The van der Waals surface area contributed by atoms with E-state index < -0.39 is 0 Å². The number of rotatable bonds is 2. The van der Waals surface area contributed by atoms with Gasteiger partial charge in [0.15, 0.2) is 11.5 Å². The Labute approximate surface area is 122 Å². The summed E-state index contributed by atoms with van der Waals surface area (Å²) in [4.78, 5) is 9.93. The standard InChI is InChI=1S/C12H9ClN6S/c1-7(18-5-8(13)4-15-18)10-16-11-9-2-3-20-12(9)14-6-19(11)17-10/h2-7H,1H3. The smallest absolute Gasteiger partial charge is 0.176 e. The monoisotopic (exact) mass is 304 g/mol. The molecule has 0 N–H and O–H groups in total. The molecule has 0 spiro atoms. The minimum absolute atomic E-state index is 0.0870. The highest BCUT2D eigenvalue weighted by Gasteiger charge is 2.16. The van der Waals surface area contributed by atoms with Gasteiger partial charge in [-0.1, -0.05) is 11.6 Å². The van der Waals surface area contributed by atoms with Crippen LogP contribution in [0.2, 0.25) is 5.02 Å². The molecule has 4 rings (SSSR count). The van der Waals surface area contributed by atoms with Gasteiger partial charge in [0.25, 0.3) is 0 Å². The van der Waals surface area contributed by atoms with E-state index in [1.807, 2.05) is 18.4 Å². The zero-order valence-corrected chi connectivity index (χ0v) is 12.0. The van der Waals surface area contributed by atoms with Crippen LogP contribution in [0.15, 0.2) is 30.2 Å². The first kappa shape index (κ1) is 11.8. The second kappa shape index (κ2) is 4.26. The predicted octanol–water partition coefficient (Wildman–Crippen LogP) is 2.80. The molecule has 1 atom stereocenters. The summed E-state index contributed by atoms with van der Waals surface area (Å²) in [5, 5.41) is 12.3. The molecule has 4 aromatic heterocycles. The quantitative estimate of drug-likeness (QED) is 0.571. The molecule has 0 aliphatic carbocycles. The molecule has 0 saturated heterocycles. The second-order valence-electron chi connectivity index (χ2n) is 4.44. The lowest BCUT2D eigenvalue weighted by Gasteiger charge is -2.06. The first-order chi connectivity index (χ1) is 9.72. The fourth-order valence-electron chi connectivity index (χ4n) is 2.10. The van der Waals surface area contributed by atoms with Crippen molar-refractivity contribution in [3.63, 3.8) is 0 Å². The highest BCUT2D eigenvalue weighted by atomic mass is 35.5. The van der Waals surface area contributed by atoms with Crippen LogP contribution in [0.4, 0.5) is 0 Å². The lowest BCUT2D eigenvalue weighted by Crippen LogP contribution is -2.09. The number of hydrogen-bond acceptors (Lipinski definition) is 5. The Hall–Kier alpha value is -1.99. The van der Waals surface area contributed by atoms with Crippen LogP contribution in [-0.4, -0.2) is 29.4 Å². The largest absolute Gasteiger partial charge is 0.261 e. The average Bonchev–Trinajstić information content (AvgIpc) is 3.14. The van der Waals surface area contributed by atoms with Gasteiger partial charge in [0.05, 0.1) is 16.6 Å². The SMILES string of the molecule is CC(c1nc2c3ccsc3ncn2n1)n1cc(Cl)cn1. The molecule has 0 fully saturated rings. The van der Waals surface area contributed by atoms with Crippen LogP contribution in [0, 0.1) is 0 Å². The third-order valence-electron chi connectivity index (χ3n) is 3.16. The molecule has 4 heterocycles. The van der Waals surface area contributed by atoms with Crippen LogP contribution in [0.25, 0.3) is 15.9 Å². The lowest BCUT2D eigenvalue weighted by molar-refractivity contribution is 0.536. The van der Waals surface area contributed by atoms with Crippen molar-refractivity contribution < 1.29 is 0 Å². The number of thiophene rings is 1. The number of nitrogens with zero attached hydrogens (tertiary/aromatic N) is 6. The zero-order chi connectivity index (χ0) is 13.7. The van der Waals surface area contributed by atoms with Crippen LogP contribution < -0.4 is 0 Å². The van der Waals surface area contributed by atoms with Crippen molar-refractivity contribution in [1.29, 1.82) is 0 Å². The molecule has 0 aromatic carbocycles. The third-order valence-corrected chi connectivity index (χ3v) is 4.17. The van der Waals surface area contributed by atoms with Crippen LogP contribution in [0.5, 0.6) is 0 Å². The second-order valence-corrected chi connectivity index (χ2v) is 5.77. The van der Waals surface area contributed by atoms with Crippen molar-refractivity contribution in [2.75, 3.05) is 0 Å². The van der Waals surface area contributed by atoms with Gasteiger partial charge in [-0.2, -0.15) is 5.10 Å². The summed E-state index contributed by atoms with van der Waals surface area (Å²) in [6, 6.07) is 1.92. The lowest BCUT2D eigenvalue weighted by atomic mass is 10.3. The van der Waals surface area contributed by atoms with Gasteiger partial charge in [0, 0.05) is 6.20 Å². The van der Waals surface area contributed by atoms with Gasteiger partial charge in [-0.3, -0.25) is 4.68 Å². The Morgan fingerprint density at radius 1 is 1.40 bits per heavy atom. The molecule has 6 nitrogen and oxygen atoms in total. The van der Waals surface area contributed by atoms with Crippen LogP contribution in [-0.2, 0) is 0 Å². The third kappa shape index (κ3) is 1.70. The van der Waals surface area contributed by atoms with Crippen LogP contribution in [0.1, 0.15) is 18.8 Å². The Morgan fingerprint density at radius 2 is 2.30 bits per heavy atom. The summed E-state index contributed by atoms with van der Waals surface area (Å²) in [5.41, 5.74) is 0.816. The summed E-state index contributed by atoms with van der Waals surface area (Å²) in [7, 11) is 0. The maximum atomic E-state index is 5.90. The van der Waals surface area contributed by atoms with E-state index >= 15 is 0 Å². The number of aromatic nitrogens is 6. The van der Waals surface area contributed by atoms with E-state index in [2.05, 4.69) is 20.2 Å². The van der Waals surface area contributed by atoms with Gasteiger partial charge < -0.3 is 0 Å². The molecule has 0 saturated carbocycles. The zero-order valence-electron chi connectivity index (χ0n) is 10.4. The van der Waals surface area contributed by atoms with Gasteiger partial charge in [-0.25, -0.2) is 14.5 Å². The number of fused-ring (bicyclic) bond motifs is 3. The molecular weight excluding hydrogens is 296 g/mol. The Balaban J connectivity index is 1.87. The predicted molar refractivity (Wildman–Crippen MR) is 77.2 cm³/mol. The molecule has 0 bridgehead atoms. The highest BCUT2D eigenvalue weighted by Crippen LogP contribution is 2.23. The van der Waals surface area contributed by atoms with E-state index in [1.54, 1.807) is 39.3 Å². The summed E-state index contributed by atoms with van der Waals surface area (Å²) < 4.78 is 3.45. The van der Waals surface area contributed by atoms with Crippen LogP contribution in [0.3, 0.4) is 0 Å². The summed E-state index contributed by atoms with van der Waals surface area (Å²) in [6.07, 6.45) is 5.05. The Kier molecular flexibility index (Phi) is 2.51. The summed E-state index contributed by atoms with van der Waals surface area (Å²) in [5.74, 6) is 0.685. The molecule has 8 heteroatoms. The molecule has 1 unspecified atom stereocenters. The first-order valence-corrected chi connectivity index (χ1v) is 7.26. The normalized spacial score (nSPS) is 13.3. The molecule has 100 valence electrons. The molecular formula is C12H9ClN6S. The fourth-order valence-corrected chi connectivity index (χ4v) is 2.98. The first-order valence-electron chi connectivity index (χ1n) is 6.00. The van der Waals surface area contributed by atoms with Crippen molar-refractivity contribution in [2.24, 2.45) is 0 Å². The van der Waals surface area contributed by atoms with Crippen molar-refractivity contribution in [3.8, 4) is 0 Å². The van der Waals surface area contributed by atoms with Crippen LogP contribution >= 0.6 is 22.9 Å². The van der Waals surface area contributed by atoms with Crippen molar-refractivity contribution >= 4 is 38.8 Å². The van der Waals surface area contributed by atoms with Gasteiger partial charge in [0.1, 0.15) is 17.2 Å². The molecule has 20 heavy (non-hydrogen) atoms. The maximum Gasteiger partial charge on any atom is 0.176 e. The molecule has 0 aliphatic rings. The molecule has 0 amide bonds. The van der Waals surface area contributed by atoms with E-state index in [1.165, 1.54) is 0 Å². The van der Waals surface area contributed by atoms with Gasteiger partial charge in [-0.05, 0) is 18.4 Å². The van der Waals surface area contributed by atoms with E-state index in [-0.39, 0.29) is 6.04 Å². The average molecular weight is 305 g/mol. The minimum atomic E-state index is -0.0870. The van der Waals surface area contributed by atoms with Crippen molar-refractivity contribution in [3.05, 3.63) is 41.0 Å².